The zero-order valence-electron chi connectivity index (χ0n) is 18.4. The van der Waals surface area contributed by atoms with Gasteiger partial charge in [0.25, 0.3) is 11.2 Å². The fraction of sp³-hybridized carbons (Fsp3) is 0.174. The Bertz CT molecular complexity index is 1510. The summed E-state index contributed by atoms with van der Waals surface area (Å²) in [4.78, 5) is 40.8. The molecular weight excluding hydrogens is 479 g/mol. The SMILES string of the molecule is Cc1ccc(-c2csc3nc(SCC(=O)Nc4cc([N+](=O)[O-])ccc4F)n(C)c(=O)c23)cc1C. The van der Waals surface area contributed by atoms with Crippen molar-refractivity contribution < 1.29 is 14.1 Å². The Balaban J connectivity index is 1.57. The fourth-order valence-electron chi connectivity index (χ4n) is 3.34. The number of nitro benzene ring substituents is 1. The quantitative estimate of drug-likeness (QED) is 0.172. The van der Waals surface area contributed by atoms with E-state index < -0.39 is 16.6 Å². The lowest BCUT2D eigenvalue weighted by molar-refractivity contribution is -0.384. The minimum absolute atomic E-state index is 0.163. The van der Waals surface area contributed by atoms with E-state index in [0.29, 0.717) is 15.4 Å². The monoisotopic (exact) mass is 498 g/mol. The molecule has 0 aliphatic rings. The van der Waals surface area contributed by atoms with Crippen LogP contribution in [-0.4, -0.2) is 26.1 Å². The van der Waals surface area contributed by atoms with Crippen molar-refractivity contribution in [3.63, 3.8) is 0 Å². The maximum absolute atomic E-state index is 13.9. The highest BCUT2D eigenvalue weighted by Gasteiger charge is 2.18. The number of rotatable bonds is 6. The topological polar surface area (TPSA) is 107 Å². The molecule has 2 heterocycles. The number of carbonyl (C=O) groups excluding carboxylic acids is 1. The van der Waals surface area contributed by atoms with Crippen LogP contribution in [0.15, 0.2) is 51.7 Å². The van der Waals surface area contributed by atoms with Crippen molar-refractivity contribution in [2.75, 3.05) is 11.1 Å². The number of thiophene rings is 1. The molecule has 4 rings (SSSR count). The molecule has 1 N–H and O–H groups in total. The minimum atomic E-state index is -0.784. The van der Waals surface area contributed by atoms with Gasteiger partial charge in [-0.2, -0.15) is 0 Å². The van der Waals surface area contributed by atoms with E-state index in [1.54, 1.807) is 7.05 Å². The number of hydrogen-bond donors (Lipinski definition) is 1. The molecule has 0 saturated carbocycles. The Kier molecular flexibility index (Phi) is 6.49. The second-order valence-electron chi connectivity index (χ2n) is 7.65. The highest BCUT2D eigenvalue weighted by Crippen LogP contribution is 2.33. The first-order valence-electron chi connectivity index (χ1n) is 10.1. The van der Waals surface area contributed by atoms with Crippen molar-refractivity contribution in [1.29, 1.82) is 0 Å². The van der Waals surface area contributed by atoms with Crippen molar-refractivity contribution in [1.82, 2.24) is 9.55 Å². The van der Waals surface area contributed by atoms with Gasteiger partial charge in [-0.3, -0.25) is 24.3 Å². The van der Waals surface area contributed by atoms with Gasteiger partial charge >= 0.3 is 0 Å². The van der Waals surface area contributed by atoms with Crippen LogP contribution in [0.25, 0.3) is 21.3 Å². The Hall–Kier alpha value is -3.57. The largest absolute Gasteiger partial charge is 0.323 e. The summed E-state index contributed by atoms with van der Waals surface area (Å²) in [7, 11) is 1.58. The number of amides is 1. The van der Waals surface area contributed by atoms with Crippen molar-refractivity contribution in [3.05, 3.63) is 79.2 Å². The van der Waals surface area contributed by atoms with E-state index in [-0.39, 0.29) is 22.7 Å². The summed E-state index contributed by atoms with van der Waals surface area (Å²) < 4.78 is 15.3. The molecule has 1 amide bonds. The number of nitrogens with one attached hydrogen (secondary N) is 1. The zero-order chi connectivity index (χ0) is 24.6. The molecule has 34 heavy (non-hydrogen) atoms. The molecule has 0 aliphatic carbocycles. The van der Waals surface area contributed by atoms with Gasteiger partial charge in [0.2, 0.25) is 5.91 Å². The van der Waals surface area contributed by atoms with Crippen LogP contribution in [0.4, 0.5) is 15.8 Å². The predicted octanol–water partition coefficient (Wildman–Crippen LogP) is 5.06. The summed E-state index contributed by atoms with van der Waals surface area (Å²) in [5.41, 5.74) is 3.19. The van der Waals surface area contributed by atoms with E-state index in [2.05, 4.69) is 10.3 Å². The van der Waals surface area contributed by atoms with Gasteiger partial charge in [-0.05, 0) is 36.6 Å². The number of nitrogens with zero attached hydrogens (tertiary/aromatic N) is 3. The maximum Gasteiger partial charge on any atom is 0.271 e. The van der Waals surface area contributed by atoms with E-state index in [4.69, 9.17) is 0 Å². The van der Waals surface area contributed by atoms with E-state index >= 15 is 0 Å². The van der Waals surface area contributed by atoms with Crippen LogP contribution in [0.2, 0.25) is 0 Å². The van der Waals surface area contributed by atoms with Crippen LogP contribution in [0, 0.1) is 29.8 Å². The summed E-state index contributed by atoms with van der Waals surface area (Å²) in [5, 5.41) is 16.0. The van der Waals surface area contributed by atoms with Crippen LogP contribution in [-0.2, 0) is 11.8 Å². The third kappa shape index (κ3) is 4.57. The number of benzene rings is 2. The molecule has 0 saturated heterocycles. The summed E-state index contributed by atoms with van der Waals surface area (Å²) >= 11 is 2.37. The number of nitro groups is 1. The number of thioether (sulfide) groups is 1. The first-order valence-corrected chi connectivity index (χ1v) is 11.9. The van der Waals surface area contributed by atoms with E-state index in [1.165, 1.54) is 15.9 Å². The van der Waals surface area contributed by atoms with Crippen LogP contribution >= 0.6 is 23.1 Å². The van der Waals surface area contributed by atoms with Gasteiger partial charge in [0, 0.05) is 30.1 Å². The Labute approximate surface area is 201 Å². The molecular formula is C23H19FN4O4S2. The highest BCUT2D eigenvalue weighted by atomic mass is 32.2. The van der Waals surface area contributed by atoms with Gasteiger partial charge in [-0.15, -0.1) is 11.3 Å². The smallest absolute Gasteiger partial charge is 0.271 e. The number of aromatic nitrogens is 2. The zero-order valence-corrected chi connectivity index (χ0v) is 20.1. The second-order valence-corrected chi connectivity index (χ2v) is 9.45. The molecule has 0 unspecified atom stereocenters. The first-order chi connectivity index (χ1) is 16.2. The summed E-state index contributed by atoms with van der Waals surface area (Å²) in [6, 6.07) is 8.92. The molecule has 0 spiro atoms. The predicted molar refractivity (Wildman–Crippen MR) is 132 cm³/mol. The molecule has 2 aromatic heterocycles. The lowest BCUT2D eigenvalue weighted by atomic mass is 10.0. The lowest BCUT2D eigenvalue weighted by Crippen LogP contribution is -2.21. The van der Waals surface area contributed by atoms with Crippen LogP contribution in [0.5, 0.6) is 0 Å². The third-order valence-electron chi connectivity index (χ3n) is 5.36. The van der Waals surface area contributed by atoms with Crippen LogP contribution < -0.4 is 10.9 Å². The number of aryl methyl sites for hydroxylation is 2. The number of carbonyl (C=O) groups is 1. The average Bonchev–Trinajstić information content (AvgIpc) is 3.22. The Morgan fingerprint density at radius 1 is 1.24 bits per heavy atom. The minimum Gasteiger partial charge on any atom is -0.323 e. The molecule has 8 nitrogen and oxygen atoms in total. The third-order valence-corrected chi connectivity index (χ3v) is 7.26. The molecule has 0 atom stereocenters. The van der Waals surface area contributed by atoms with Gasteiger partial charge < -0.3 is 5.32 Å². The molecule has 174 valence electrons. The van der Waals surface area contributed by atoms with E-state index in [0.717, 1.165) is 52.2 Å². The molecule has 0 bridgehead atoms. The van der Waals surface area contributed by atoms with Gasteiger partial charge in [0.05, 0.1) is 21.7 Å². The van der Waals surface area contributed by atoms with Gasteiger partial charge in [0.1, 0.15) is 10.6 Å². The molecule has 0 aliphatic heterocycles. The Morgan fingerprint density at radius 2 is 2.00 bits per heavy atom. The highest BCUT2D eigenvalue weighted by molar-refractivity contribution is 7.99. The summed E-state index contributed by atoms with van der Waals surface area (Å²) in [6.07, 6.45) is 0. The van der Waals surface area contributed by atoms with Crippen molar-refractivity contribution >= 4 is 50.6 Å². The molecule has 11 heteroatoms. The van der Waals surface area contributed by atoms with Gasteiger partial charge in [-0.1, -0.05) is 30.0 Å². The fourth-order valence-corrected chi connectivity index (χ4v) is 5.10. The number of anilines is 1. The molecule has 0 fully saturated rings. The van der Waals surface area contributed by atoms with E-state index in [1.807, 2.05) is 37.4 Å². The van der Waals surface area contributed by atoms with Crippen molar-refractivity contribution in [2.45, 2.75) is 19.0 Å². The average molecular weight is 499 g/mol. The number of non-ortho nitro benzene ring substituents is 1. The molecule has 4 aromatic rings. The Morgan fingerprint density at radius 3 is 2.71 bits per heavy atom. The second kappa shape index (κ2) is 9.35. The lowest BCUT2D eigenvalue weighted by Gasteiger charge is -2.09. The standard InChI is InChI=1S/C23H19FN4O4S2/c1-12-4-5-14(8-13(12)2)16-10-33-21-20(16)22(30)27(3)23(26-21)34-11-19(29)25-18-9-15(28(31)32)6-7-17(18)24/h4-10H,11H2,1-3H3,(H,25,29). The van der Waals surface area contributed by atoms with E-state index in [9.17, 15) is 24.1 Å². The summed E-state index contributed by atoms with van der Waals surface area (Å²) in [6.45, 7) is 4.04. The normalized spacial score (nSPS) is 11.1. The first kappa shape index (κ1) is 23.6. The van der Waals surface area contributed by atoms with Crippen LogP contribution in [0.1, 0.15) is 11.1 Å². The number of fused-ring (bicyclic) bond motifs is 1. The number of hydrogen-bond acceptors (Lipinski definition) is 7. The summed E-state index contributed by atoms with van der Waals surface area (Å²) in [5.74, 6) is -1.53. The van der Waals surface area contributed by atoms with Gasteiger partial charge in [0.15, 0.2) is 5.16 Å². The number of halogens is 1. The maximum atomic E-state index is 13.9. The molecule has 2 aromatic carbocycles. The van der Waals surface area contributed by atoms with Crippen LogP contribution in [0.3, 0.4) is 0 Å². The van der Waals surface area contributed by atoms with Crippen molar-refractivity contribution in [3.8, 4) is 11.1 Å². The van der Waals surface area contributed by atoms with Gasteiger partial charge in [-0.25, -0.2) is 9.37 Å². The molecule has 0 radical (unpaired) electrons. The van der Waals surface area contributed by atoms with Crippen molar-refractivity contribution in [2.24, 2.45) is 7.05 Å².